The van der Waals surface area contributed by atoms with E-state index in [2.05, 4.69) is 23.8 Å². The predicted octanol–water partition coefficient (Wildman–Crippen LogP) is 3.46. The number of rotatable bonds is 5. The quantitative estimate of drug-likeness (QED) is 0.623. The van der Waals surface area contributed by atoms with E-state index in [0.29, 0.717) is 11.6 Å². The second kappa shape index (κ2) is 5.96. The van der Waals surface area contributed by atoms with Gasteiger partial charge in [0.05, 0.1) is 10.7 Å². The van der Waals surface area contributed by atoms with Crippen LogP contribution in [0.1, 0.15) is 36.2 Å². The number of pyridine rings is 1. The number of aromatic nitrogens is 2. The first-order valence-electron chi connectivity index (χ1n) is 6.16. The summed E-state index contributed by atoms with van der Waals surface area (Å²) in [6.45, 7) is 6.04. The molecule has 0 fully saturated rings. The van der Waals surface area contributed by atoms with Crippen molar-refractivity contribution < 1.29 is 9.66 Å². The molecule has 106 valence electrons. The standard InChI is InChI=1S/C13H15N3O3S/c1-8(2)13-15-10(7-20-13)6-19-11-5-4-9(3)14-12(11)16(17)18/h4-5,7-8H,6H2,1-3H3. The third-order valence-electron chi connectivity index (χ3n) is 2.59. The van der Waals surface area contributed by atoms with Crippen LogP contribution in [-0.4, -0.2) is 14.9 Å². The summed E-state index contributed by atoms with van der Waals surface area (Å²) in [6.07, 6.45) is 0. The van der Waals surface area contributed by atoms with E-state index in [4.69, 9.17) is 4.74 Å². The Labute approximate surface area is 120 Å². The molecule has 0 saturated carbocycles. The molecule has 0 bridgehead atoms. The molecular weight excluding hydrogens is 278 g/mol. The van der Waals surface area contributed by atoms with Crippen LogP contribution in [0, 0.1) is 17.0 Å². The molecule has 0 aliphatic carbocycles. The van der Waals surface area contributed by atoms with Crippen molar-refractivity contribution in [3.8, 4) is 5.75 Å². The first-order chi connectivity index (χ1) is 9.47. The second-order valence-electron chi connectivity index (χ2n) is 4.65. The number of nitro groups is 1. The highest BCUT2D eigenvalue weighted by Crippen LogP contribution is 2.26. The number of aryl methyl sites for hydroxylation is 1. The normalized spacial score (nSPS) is 10.8. The summed E-state index contributed by atoms with van der Waals surface area (Å²) in [5.74, 6) is 0.271. The zero-order valence-corrected chi connectivity index (χ0v) is 12.3. The molecule has 2 aromatic rings. The van der Waals surface area contributed by atoms with Gasteiger partial charge in [0.2, 0.25) is 5.75 Å². The van der Waals surface area contributed by atoms with Crippen molar-refractivity contribution in [2.45, 2.75) is 33.3 Å². The van der Waals surface area contributed by atoms with E-state index in [9.17, 15) is 10.1 Å². The van der Waals surface area contributed by atoms with Gasteiger partial charge < -0.3 is 14.9 Å². The van der Waals surface area contributed by atoms with Crippen LogP contribution in [0.5, 0.6) is 5.75 Å². The first-order valence-corrected chi connectivity index (χ1v) is 7.04. The van der Waals surface area contributed by atoms with E-state index in [-0.39, 0.29) is 18.2 Å². The summed E-state index contributed by atoms with van der Waals surface area (Å²) in [7, 11) is 0. The van der Waals surface area contributed by atoms with Gasteiger partial charge in [-0.2, -0.15) is 0 Å². The van der Waals surface area contributed by atoms with Gasteiger partial charge in [0, 0.05) is 18.2 Å². The zero-order valence-electron chi connectivity index (χ0n) is 11.5. The molecule has 0 unspecified atom stereocenters. The molecule has 0 aliphatic rings. The Bertz CT molecular complexity index is 625. The van der Waals surface area contributed by atoms with Gasteiger partial charge in [0.25, 0.3) is 0 Å². The maximum absolute atomic E-state index is 10.9. The summed E-state index contributed by atoms with van der Waals surface area (Å²) in [5.41, 5.74) is 1.35. The van der Waals surface area contributed by atoms with Crippen LogP contribution in [0.3, 0.4) is 0 Å². The maximum Gasteiger partial charge on any atom is 0.406 e. The van der Waals surface area contributed by atoms with E-state index >= 15 is 0 Å². The largest absolute Gasteiger partial charge is 0.479 e. The Balaban J connectivity index is 2.12. The molecule has 0 spiro atoms. The minimum absolute atomic E-state index is 0.166. The molecule has 20 heavy (non-hydrogen) atoms. The first kappa shape index (κ1) is 14.4. The van der Waals surface area contributed by atoms with Crippen LogP contribution in [0.25, 0.3) is 0 Å². The topological polar surface area (TPSA) is 78.2 Å². The summed E-state index contributed by atoms with van der Waals surface area (Å²) in [4.78, 5) is 18.7. The maximum atomic E-state index is 10.9. The Morgan fingerprint density at radius 1 is 1.40 bits per heavy atom. The highest BCUT2D eigenvalue weighted by Gasteiger charge is 2.18. The van der Waals surface area contributed by atoms with Crippen molar-refractivity contribution in [1.29, 1.82) is 0 Å². The highest BCUT2D eigenvalue weighted by molar-refractivity contribution is 7.09. The van der Waals surface area contributed by atoms with Crippen molar-refractivity contribution >= 4 is 17.2 Å². The number of hydrogen-bond acceptors (Lipinski definition) is 6. The fraction of sp³-hybridized carbons (Fsp3) is 0.385. The number of hydrogen-bond donors (Lipinski definition) is 0. The molecule has 2 aromatic heterocycles. The smallest absolute Gasteiger partial charge is 0.406 e. The number of ether oxygens (including phenoxy) is 1. The van der Waals surface area contributed by atoms with Gasteiger partial charge in [0.1, 0.15) is 12.3 Å². The molecular formula is C13H15N3O3S. The van der Waals surface area contributed by atoms with Crippen molar-refractivity contribution in [1.82, 2.24) is 9.97 Å². The van der Waals surface area contributed by atoms with E-state index in [0.717, 1.165) is 10.7 Å². The number of nitrogens with zero attached hydrogens (tertiary/aromatic N) is 3. The predicted molar refractivity (Wildman–Crippen MR) is 76.2 cm³/mol. The fourth-order valence-corrected chi connectivity index (χ4v) is 2.40. The summed E-state index contributed by atoms with van der Waals surface area (Å²) >= 11 is 1.57. The van der Waals surface area contributed by atoms with Gasteiger partial charge in [-0.15, -0.1) is 11.3 Å². The third-order valence-corrected chi connectivity index (χ3v) is 3.78. The monoisotopic (exact) mass is 293 g/mol. The average Bonchev–Trinajstić information content (AvgIpc) is 2.86. The summed E-state index contributed by atoms with van der Waals surface area (Å²) in [5, 5.41) is 13.9. The minimum atomic E-state index is -0.539. The molecule has 0 saturated heterocycles. The van der Waals surface area contributed by atoms with Crippen molar-refractivity contribution in [3.05, 3.63) is 44.0 Å². The lowest BCUT2D eigenvalue weighted by Gasteiger charge is -2.04. The van der Waals surface area contributed by atoms with E-state index < -0.39 is 4.92 Å². The molecule has 0 amide bonds. The lowest BCUT2D eigenvalue weighted by molar-refractivity contribution is -0.390. The zero-order chi connectivity index (χ0) is 14.7. The van der Waals surface area contributed by atoms with Crippen LogP contribution in [0.2, 0.25) is 0 Å². The summed E-state index contributed by atoms with van der Waals surface area (Å²) < 4.78 is 5.47. The third kappa shape index (κ3) is 3.30. The van der Waals surface area contributed by atoms with E-state index in [1.54, 1.807) is 30.4 Å². The van der Waals surface area contributed by atoms with Crippen LogP contribution < -0.4 is 4.74 Å². The Kier molecular flexibility index (Phi) is 4.29. The minimum Gasteiger partial charge on any atom is -0.479 e. The lowest BCUT2D eigenvalue weighted by Crippen LogP contribution is -2.02. The molecule has 0 aromatic carbocycles. The molecule has 2 heterocycles. The van der Waals surface area contributed by atoms with E-state index in [1.807, 2.05) is 5.38 Å². The molecule has 0 atom stereocenters. The van der Waals surface area contributed by atoms with Gasteiger partial charge in [-0.05, 0) is 22.0 Å². The van der Waals surface area contributed by atoms with Crippen LogP contribution in [0.4, 0.5) is 5.82 Å². The summed E-state index contributed by atoms with van der Waals surface area (Å²) in [6, 6.07) is 3.25. The van der Waals surface area contributed by atoms with Gasteiger partial charge >= 0.3 is 5.82 Å². The van der Waals surface area contributed by atoms with Crippen LogP contribution >= 0.6 is 11.3 Å². The van der Waals surface area contributed by atoms with Gasteiger partial charge in [-0.25, -0.2) is 4.98 Å². The molecule has 0 N–H and O–H groups in total. The SMILES string of the molecule is Cc1ccc(OCc2csc(C(C)C)n2)c([N+](=O)[O-])n1. The van der Waals surface area contributed by atoms with Crippen LogP contribution in [0.15, 0.2) is 17.5 Å². The van der Waals surface area contributed by atoms with Crippen molar-refractivity contribution in [2.75, 3.05) is 0 Å². The van der Waals surface area contributed by atoms with Gasteiger partial charge in [-0.3, -0.25) is 0 Å². The molecule has 6 nitrogen and oxygen atoms in total. The Hall–Kier alpha value is -2.02. The van der Waals surface area contributed by atoms with Crippen molar-refractivity contribution in [3.63, 3.8) is 0 Å². The lowest BCUT2D eigenvalue weighted by atomic mass is 10.2. The van der Waals surface area contributed by atoms with Crippen molar-refractivity contribution in [2.24, 2.45) is 0 Å². The Morgan fingerprint density at radius 2 is 2.15 bits per heavy atom. The average molecular weight is 293 g/mol. The molecule has 2 rings (SSSR count). The Morgan fingerprint density at radius 3 is 2.75 bits per heavy atom. The van der Waals surface area contributed by atoms with E-state index in [1.165, 1.54) is 0 Å². The van der Waals surface area contributed by atoms with Gasteiger partial charge in [-0.1, -0.05) is 13.8 Å². The second-order valence-corrected chi connectivity index (χ2v) is 5.54. The fourth-order valence-electron chi connectivity index (χ4n) is 1.58. The molecule has 7 heteroatoms. The highest BCUT2D eigenvalue weighted by atomic mass is 32.1. The van der Waals surface area contributed by atoms with Crippen LogP contribution in [-0.2, 0) is 6.61 Å². The number of thiazole rings is 1. The van der Waals surface area contributed by atoms with Gasteiger partial charge in [0.15, 0.2) is 0 Å². The molecule has 0 aliphatic heterocycles. The molecule has 0 radical (unpaired) electrons.